The van der Waals surface area contributed by atoms with Crippen molar-refractivity contribution in [1.29, 1.82) is 0 Å². The van der Waals surface area contributed by atoms with Gasteiger partial charge in [0.15, 0.2) is 0 Å². The fourth-order valence-corrected chi connectivity index (χ4v) is 3.22. The molecule has 0 unspecified atom stereocenters. The molecule has 0 fully saturated rings. The molecule has 6 nitrogen and oxygen atoms in total. The molecule has 31 heavy (non-hydrogen) atoms. The number of amides is 2. The number of methoxy groups -OCH3 is 1. The van der Waals surface area contributed by atoms with Gasteiger partial charge in [-0.15, -0.1) is 5.73 Å². The van der Waals surface area contributed by atoms with Crippen LogP contribution in [0.3, 0.4) is 0 Å². The molecule has 0 bridgehead atoms. The van der Waals surface area contributed by atoms with Crippen LogP contribution in [0.4, 0.5) is 0 Å². The van der Waals surface area contributed by atoms with E-state index in [0.717, 1.165) is 11.1 Å². The van der Waals surface area contributed by atoms with Gasteiger partial charge in [0.05, 0.1) is 12.7 Å². The Morgan fingerprint density at radius 3 is 1.97 bits per heavy atom. The number of hydrogen-bond donors (Lipinski definition) is 2. The average molecular weight is 416 g/mol. The molecule has 0 aliphatic heterocycles. The quantitative estimate of drug-likeness (QED) is 0.485. The lowest BCUT2D eigenvalue weighted by molar-refractivity contribution is -0.145. The molecular weight excluding hydrogens is 392 g/mol. The summed E-state index contributed by atoms with van der Waals surface area (Å²) in [6, 6.07) is 17.0. The number of ether oxygens (including phenoxy) is 1. The number of carbonyl (C=O) groups excluding carboxylic acids is 3. The monoisotopic (exact) mass is 416 g/mol. The van der Waals surface area contributed by atoms with Crippen molar-refractivity contribution in [2.24, 2.45) is 0 Å². The molecule has 0 saturated heterocycles. The normalized spacial score (nSPS) is 13.8. The highest BCUT2D eigenvalue weighted by molar-refractivity contribution is 6.00. The van der Waals surface area contributed by atoms with Crippen LogP contribution in [0, 0.1) is 0 Å². The largest absolute Gasteiger partial charge is 0.467 e. The molecule has 1 aliphatic rings. The van der Waals surface area contributed by atoms with E-state index >= 15 is 0 Å². The van der Waals surface area contributed by atoms with Crippen LogP contribution in [0.5, 0.6) is 0 Å². The summed E-state index contributed by atoms with van der Waals surface area (Å²) < 4.78 is 4.88. The Kier molecular flexibility index (Phi) is 7.57. The number of esters is 1. The van der Waals surface area contributed by atoms with Crippen molar-refractivity contribution in [3.63, 3.8) is 0 Å². The predicted molar refractivity (Wildman–Crippen MR) is 117 cm³/mol. The molecule has 0 aromatic heterocycles. The maximum atomic E-state index is 13.1. The molecule has 2 aromatic carbocycles. The molecule has 0 radical (unpaired) electrons. The maximum Gasteiger partial charge on any atom is 0.328 e. The van der Waals surface area contributed by atoms with Gasteiger partial charge in [0, 0.05) is 12.8 Å². The van der Waals surface area contributed by atoms with Crippen LogP contribution in [0.25, 0.3) is 0 Å². The number of rotatable bonds is 9. The summed E-state index contributed by atoms with van der Waals surface area (Å²) in [6.07, 6.45) is 5.52. The van der Waals surface area contributed by atoms with Crippen molar-refractivity contribution < 1.29 is 19.1 Å². The summed E-state index contributed by atoms with van der Waals surface area (Å²) in [7, 11) is 1.28. The van der Waals surface area contributed by atoms with Crippen LogP contribution in [-0.4, -0.2) is 37.0 Å². The van der Waals surface area contributed by atoms with E-state index in [1.807, 2.05) is 60.7 Å². The first-order chi connectivity index (χ1) is 15.1. The number of nitrogens with one attached hydrogen (secondary N) is 2. The minimum atomic E-state index is -0.874. The van der Waals surface area contributed by atoms with E-state index in [9.17, 15) is 14.4 Å². The van der Waals surface area contributed by atoms with Gasteiger partial charge in [-0.2, -0.15) is 0 Å². The number of allylic oxidation sites excluding steroid dienone is 1. The SMILES string of the molecule is COC(=O)[C@@H](Cc1ccccc1)NC(=O)[C@@H](Cc1ccccc1)NC(=O)C1=C=CC=C1. The van der Waals surface area contributed by atoms with Crippen LogP contribution in [0.1, 0.15) is 11.1 Å². The molecule has 2 atom stereocenters. The number of benzene rings is 2. The predicted octanol–water partition coefficient (Wildman–Crippen LogP) is 2.27. The number of carbonyl (C=O) groups is 3. The molecule has 3 rings (SSSR count). The fraction of sp³-hybridized carbons (Fsp3) is 0.200. The molecule has 1 aliphatic carbocycles. The van der Waals surface area contributed by atoms with E-state index in [2.05, 4.69) is 16.4 Å². The lowest BCUT2D eigenvalue weighted by Crippen LogP contribution is -2.53. The molecular formula is C25H24N2O4. The fourth-order valence-electron chi connectivity index (χ4n) is 3.22. The van der Waals surface area contributed by atoms with E-state index in [4.69, 9.17) is 4.74 Å². The summed E-state index contributed by atoms with van der Waals surface area (Å²) in [5.41, 5.74) is 4.94. The highest BCUT2D eigenvalue weighted by atomic mass is 16.5. The van der Waals surface area contributed by atoms with Gasteiger partial charge in [-0.1, -0.05) is 66.7 Å². The van der Waals surface area contributed by atoms with E-state index < -0.39 is 29.9 Å². The van der Waals surface area contributed by atoms with Gasteiger partial charge in [-0.25, -0.2) is 4.79 Å². The van der Waals surface area contributed by atoms with Gasteiger partial charge in [-0.3, -0.25) is 9.59 Å². The third-order valence-electron chi connectivity index (χ3n) is 4.83. The molecule has 0 spiro atoms. The van der Waals surface area contributed by atoms with Crippen LogP contribution >= 0.6 is 0 Å². The molecule has 6 heteroatoms. The minimum absolute atomic E-state index is 0.276. The van der Waals surface area contributed by atoms with E-state index in [-0.39, 0.29) is 12.8 Å². The van der Waals surface area contributed by atoms with Crippen LogP contribution in [-0.2, 0) is 32.0 Å². The maximum absolute atomic E-state index is 13.1. The molecule has 158 valence electrons. The first-order valence-corrected chi connectivity index (χ1v) is 9.97. The molecule has 2 amide bonds. The summed E-state index contributed by atoms with van der Waals surface area (Å²) in [5, 5.41) is 5.51. The van der Waals surface area contributed by atoms with Crippen molar-refractivity contribution in [1.82, 2.24) is 10.6 Å². The van der Waals surface area contributed by atoms with Gasteiger partial charge >= 0.3 is 5.97 Å². The molecule has 2 N–H and O–H groups in total. The summed E-state index contributed by atoms with van der Waals surface area (Å²) in [6.45, 7) is 0. The van der Waals surface area contributed by atoms with Crippen molar-refractivity contribution in [3.8, 4) is 0 Å². The topological polar surface area (TPSA) is 84.5 Å². The van der Waals surface area contributed by atoms with E-state index in [1.54, 1.807) is 18.2 Å². The van der Waals surface area contributed by atoms with Gasteiger partial charge in [0.25, 0.3) is 5.91 Å². The van der Waals surface area contributed by atoms with Gasteiger partial charge < -0.3 is 15.4 Å². The van der Waals surface area contributed by atoms with Crippen molar-refractivity contribution in [2.45, 2.75) is 24.9 Å². The number of hydrogen-bond acceptors (Lipinski definition) is 4. The lowest BCUT2D eigenvalue weighted by Gasteiger charge is -2.22. The Morgan fingerprint density at radius 2 is 1.45 bits per heavy atom. The second kappa shape index (κ2) is 10.8. The molecule has 0 saturated carbocycles. The highest BCUT2D eigenvalue weighted by Crippen LogP contribution is 2.09. The van der Waals surface area contributed by atoms with E-state index in [0.29, 0.717) is 5.57 Å². The summed E-state index contributed by atoms with van der Waals surface area (Å²) >= 11 is 0. The third kappa shape index (κ3) is 6.29. The standard InChI is InChI=1S/C25H24N2O4/c1-31-25(30)22(17-19-12-6-3-7-13-19)27-24(29)21(16-18-10-4-2-5-11-18)26-23(28)20-14-8-9-15-20/h2-14,21-22H,16-17H2,1H3,(H,26,28)(H,27,29)/t21-,22-/m1/s1. The summed E-state index contributed by atoms with van der Waals surface area (Å²) in [4.78, 5) is 38.0. The Morgan fingerprint density at radius 1 is 0.871 bits per heavy atom. The second-order valence-corrected chi connectivity index (χ2v) is 7.07. The lowest BCUT2D eigenvalue weighted by atomic mass is 10.0. The van der Waals surface area contributed by atoms with Gasteiger partial charge in [0.2, 0.25) is 5.91 Å². The van der Waals surface area contributed by atoms with Crippen LogP contribution < -0.4 is 10.6 Å². The Labute approximate surface area is 181 Å². The second-order valence-electron chi connectivity index (χ2n) is 7.07. The third-order valence-corrected chi connectivity index (χ3v) is 4.83. The molecule has 0 heterocycles. The van der Waals surface area contributed by atoms with Crippen LogP contribution in [0.15, 0.2) is 90.2 Å². The first kappa shape index (κ1) is 21.8. The Hall–Kier alpha value is -3.89. The van der Waals surface area contributed by atoms with Crippen molar-refractivity contribution >= 4 is 17.8 Å². The van der Waals surface area contributed by atoms with Gasteiger partial charge in [-0.05, 0) is 23.3 Å². The Balaban J connectivity index is 1.77. The smallest absolute Gasteiger partial charge is 0.328 e. The first-order valence-electron chi connectivity index (χ1n) is 9.97. The average Bonchev–Trinajstić information content (AvgIpc) is 3.34. The zero-order valence-corrected chi connectivity index (χ0v) is 17.2. The minimum Gasteiger partial charge on any atom is -0.467 e. The summed E-state index contributed by atoms with van der Waals surface area (Å²) in [5.74, 6) is -1.42. The van der Waals surface area contributed by atoms with Gasteiger partial charge in [0.1, 0.15) is 12.1 Å². The Bertz CT molecular complexity index is 1020. The van der Waals surface area contributed by atoms with Crippen molar-refractivity contribution in [2.75, 3.05) is 7.11 Å². The van der Waals surface area contributed by atoms with Crippen LogP contribution in [0.2, 0.25) is 0 Å². The zero-order valence-electron chi connectivity index (χ0n) is 17.2. The van der Waals surface area contributed by atoms with E-state index in [1.165, 1.54) is 7.11 Å². The zero-order chi connectivity index (χ0) is 22.1. The van der Waals surface area contributed by atoms with Crippen molar-refractivity contribution in [3.05, 3.63) is 101 Å². The molecule has 2 aromatic rings. The highest BCUT2D eigenvalue weighted by Gasteiger charge is 2.28.